The van der Waals surface area contributed by atoms with Crippen LogP contribution in [-0.2, 0) is 24.3 Å². The Labute approximate surface area is 192 Å². The highest BCUT2D eigenvalue weighted by molar-refractivity contribution is 7.25. The number of thiophene rings is 1. The number of carbonyl (C=O) groups is 1. The van der Waals surface area contributed by atoms with E-state index in [9.17, 15) is 14.4 Å². The SMILES string of the molecule is CCc1ccccc1NC(=O)Cn1c(=O)n(Cc2ccco2)c(=O)c2sc3ccccc3c21. The maximum atomic E-state index is 13.5. The number of para-hydroxylation sites is 1. The average molecular weight is 460 g/mol. The summed E-state index contributed by atoms with van der Waals surface area (Å²) in [5.41, 5.74) is 1.27. The Morgan fingerprint density at radius 1 is 1.00 bits per heavy atom. The average Bonchev–Trinajstić information content (AvgIpc) is 3.48. The zero-order chi connectivity index (χ0) is 22.9. The summed E-state index contributed by atoms with van der Waals surface area (Å²) >= 11 is 1.32. The fourth-order valence-corrected chi connectivity index (χ4v) is 5.18. The number of nitrogens with zero attached hydrogens (tertiary/aromatic N) is 2. The third-order valence-corrected chi connectivity index (χ3v) is 6.76. The summed E-state index contributed by atoms with van der Waals surface area (Å²) in [4.78, 5) is 39.8. The molecule has 0 unspecified atom stereocenters. The predicted octanol–water partition coefficient (Wildman–Crippen LogP) is 4.22. The van der Waals surface area contributed by atoms with Gasteiger partial charge in [-0.15, -0.1) is 11.3 Å². The molecule has 0 aliphatic rings. The molecule has 0 aliphatic heterocycles. The topological polar surface area (TPSA) is 86.2 Å². The lowest BCUT2D eigenvalue weighted by molar-refractivity contribution is -0.116. The number of carbonyl (C=O) groups excluding carboxylic acids is 1. The van der Waals surface area contributed by atoms with Gasteiger partial charge in [-0.3, -0.25) is 18.7 Å². The van der Waals surface area contributed by atoms with E-state index in [1.807, 2.05) is 55.5 Å². The molecule has 166 valence electrons. The molecule has 0 aliphatic carbocycles. The van der Waals surface area contributed by atoms with Gasteiger partial charge in [0.1, 0.15) is 17.0 Å². The quantitative estimate of drug-likeness (QED) is 0.412. The van der Waals surface area contributed by atoms with Crippen molar-refractivity contribution in [2.24, 2.45) is 0 Å². The minimum absolute atomic E-state index is 0.00482. The molecule has 33 heavy (non-hydrogen) atoms. The lowest BCUT2D eigenvalue weighted by Gasteiger charge is -2.13. The molecule has 0 fully saturated rings. The molecule has 8 heteroatoms. The van der Waals surface area contributed by atoms with Crippen molar-refractivity contribution in [2.75, 3.05) is 5.32 Å². The van der Waals surface area contributed by atoms with E-state index < -0.39 is 5.69 Å². The van der Waals surface area contributed by atoms with Crippen LogP contribution in [0.25, 0.3) is 20.3 Å². The second-order valence-electron chi connectivity index (χ2n) is 7.67. The molecule has 0 saturated heterocycles. The van der Waals surface area contributed by atoms with E-state index in [0.717, 1.165) is 26.6 Å². The molecule has 7 nitrogen and oxygen atoms in total. The van der Waals surface area contributed by atoms with Crippen LogP contribution in [0.4, 0.5) is 5.69 Å². The number of fused-ring (bicyclic) bond motifs is 3. The molecule has 5 rings (SSSR count). The van der Waals surface area contributed by atoms with Gasteiger partial charge in [-0.1, -0.05) is 43.3 Å². The first-order valence-corrected chi connectivity index (χ1v) is 11.4. The van der Waals surface area contributed by atoms with E-state index >= 15 is 0 Å². The third-order valence-electron chi connectivity index (χ3n) is 5.61. The zero-order valence-electron chi connectivity index (χ0n) is 17.9. The third kappa shape index (κ3) is 3.78. The molecule has 5 aromatic rings. The molecule has 1 N–H and O–H groups in total. The van der Waals surface area contributed by atoms with Gasteiger partial charge in [0.05, 0.1) is 18.3 Å². The summed E-state index contributed by atoms with van der Waals surface area (Å²) < 4.78 is 9.19. The summed E-state index contributed by atoms with van der Waals surface area (Å²) in [5.74, 6) is 0.153. The van der Waals surface area contributed by atoms with E-state index in [4.69, 9.17) is 4.42 Å². The van der Waals surface area contributed by atoms with Crippen molar-refractivity contribution in [3.63, 3.8) is 0 Å². The second-order valence-corrected chi connectivity index (χ2v) is 8.73. The number of nitrogens with one attached hydrogen (secondary N) is 1. The molecule has 1 amide bonds. The lowest BCUT2D eigenvalue weighted by Crippen LogP contribution is -2.41. The summed E-state index contributed by atoms with van der Waals surface area (Å²) in [6, 6.07) is 18.5. The molecular weight excluding hydrogens is 438 g/mol. The molecule has 0 atom stereocenters. The van der Waals surface area contributed by atoms with Crippen molar-refractivity contribution >= 4 is 43.2 Å². The summed E-state index contributed by atoms with van der Waals surface area (Å²) in [6.45, 7) is 1.79. The number of rotatable bonds is 6. The standard InChI is InChI=1S/C25H21N3O4S/c1-2-16-8-3-5-11-19(16)26-21(29)15-27-22-18-10-4-6-12-20(18)33-23(22)24(30)28(25(27)31)14-17-9-7-13-32-17/h3-13H,2,14-15H2,1H3,(H,26,29). The summed E-state index contributed by atoms with van der Waals surface area (Å²) in [6.07, 6.45) is 2.26. The highest BCUT2D eigenvalue weighted by Gasteiger charge is 2.20. The second kappa shape index (κ2) is 8.55. The minimum Gasteiger partial charge on any atom is -0.467 e. The number of anilines is 1. The lowest BCUT2D eigenvalue weighted by atomic mass is 10.1. The van der Waals surface area contributed by atoms with Crippen molar-refractivity contribution in [1.29, 1.82) is 0 Å². The van der Waals surface area contributed by atoms with Crippen LogP contribution in [0.5, 0.6) is 0 Å². The molecule has 3 aromatic heterocycles. The number of hydrogen-bond acceptors (Lipinski definition) is 5. The van der Waals surface area contributed by atoms with Crippen molar-refractivity contribution in [3.8, 4) is 0 Å². The number of aryl methyl sites for hydroxylation is 1. The number of amides is 1. The van der Waals surface area contributed by atoms with Gasteiger partial charge in [0.15, 0.2) is 0 Å². The van der Waals surface area contributed by atoms with Crippen molar-refractivity contribution < 1.29 is 9.21 Å². The fraction of sp³-hybridized carbons (Fsp3) is 0.160. The Balaban J connectivity index is 1.65. The van der Waals surface area contributed by atoms with Crippen molar-refractivity contribution in [2.45, 2.75) is 26.4 Å². The Kier molecular flexibility index (Phi) is 5.43. The zero-order valence-corrected chi connectivity index (χ0v) is 18.7. The van der Waals surface area contributed by atoms with Crippen LogP contribution in [-0.4, -0.2) is 15.0 Å². The molecule has 3 heterocycles. The normalized spacial score (nSPS) is 11.3. The smallest absolute Gasteiger partial charge is 0.332 e. The maximum absolute atomic E-state index is 13.5. The van der Waals surface area contributed by atoms with Gasteiger partial charge in [0.2, 0.25) is 5.91 Å². The Morgan fingerprint density at radius 2 is 1.79 bits per heavy atom. The van der Waals surface area contributed by atoms with Crippen LogP contribution < -0.4 is 16.6 Å². The first-order valence-electron chi connectivity index (χ1n) is 10.6. The van der Waals surface area contributed by atoms with Crippen molar-refractivity contribution in [1.82, 2.24) is 9.13 Å². The molecule has 0 radical (unpaired) electrons. The van der Waals surface area contributed by atoms with Gasteiger partial charge in [-0.2, -0.15) is 0 Å². The molecule has 0 spiro atoms. The number of hydrogen-bond donors (Lipinski definition) is 1. The fourth-order valence-electron chi connectivity index (χ4n) is 4.02. The van der Waals surface area contributed by atoms with Crippen LogP contribution in [0.15, 0.2) is 80.9 Å². The van der Waals surface area contributed by atoms with E-state index in [0.29, 0.717) is 21.7 Å². The van der Waals surface area contributed by atoms with E-state index in [1.54, 1.807) is 12.1 Å². The largest absolute Gasteiger partial charge is 0.467 e. The highest BCUT2D eigenvalue weighted by Crippen LogP contribution is 2.31. The Hall–Kier alpha value is -3.91. The minimum atomic E-state index is -0.550. The first kappa shape index (κ1) is 21.0. The van der Waals surface area contributed by atoms with Crippen LogP contribution in [0.1, 0.15) is 18.2 Å². The van der Waals surface area contributed by atoms with E-state index in [2.05, 4.69) is 5.32 Å². The van der Waals surface area contributed by atoms with Crippen LogP contribution in [0.3, 0.4) is 0 Å². The number of benzene rings is 2. The van der Waals surface area contributed by atoms with Crippen molar-refractivity contribution in [3.05, 3.63) is 99.1 Å². The monoisotopic (exact) mass is 459 g/mol. The predicted molar refractivity (Wildman–Crippen MR) is 130 cm³/mol. The Morgan fingerprint density at radius 3 is 2.58 bits per heavy atom. The van der Waals surface area contributed by atoms with Gasteiger partial charge in [0.25, 0.3) is 5.56 Å². The molecule has 0 bridgehead atoms. The number of furan rings is 1. The molecule has 2 aromatic carbocycles. The Bertz CT molecular complexity index is 1590. The molecule has 0 saturated carbocycles. The van der Waals surface area contributed by atoms with Crippen LogP contribution in [0, 0.1) is 0 Å². The summed E-state index contributed by atoms with van der Waals surface area (Å²) in [7, 11) is 0. The van der Waals surface area contributed by atoms with Crippen LogP contribution >= 0.6 is 11.3 Å². The number of aromatic nitrogens is 2. The van der Waals surface area contributed by atoms with Gasteiger partial charge >= 0.3 is 5.69 Å². The van der Waals surface area contributed by atoms with Gasteiger partial charge < -0.3 is 9.73 Å². The van der Waals surface area contributed by atoms with E-state index in [-0.39, 0.29) is 24.6 Å². The molecular formula is C25H21N3O4S. The first-order chi connectivity index (χ1) is 16.1. The highest BCUT2D eigenvalue weighted by atomic mass is 32.1. The van der Waals surface area contributed by atoms with E-state index in [1.165, 1.54) is 22.2 Å². The maximum Gasteiger partial charge on any atom is 0.332 e. The van der Waals surface area contributed by atoms with Crippen LogP contribution in [0.2, 0.25) is 0 Å². The van der Waals surface area contributed by atoms with Gasteiger partial charge in [-0.05, 0) is 36.2 Å². The summed E-state index contributed by atoms with van der Waals surface area (Å²) in [5, 5.41) is 3.70. The van der Waals surface area contributed by atoms with Gasteiger partial charge in [-0.25, -0.2) is 4.79 Å². The van der Waals surface area contributed by atoms with Gasteiger partial charge in [0, 0.05) is 15.8 Å².